The first-order valence-corrected chi connectivity index (χ1v) is 7.42. The van der Waals surface area contributed by atoms with Gasteiger partial charge in [-0.1, -0.05) is 33.1 Å². The van der Waals surface area contributed by atoms with E-state index in [4.69, 9.17) is 16.3 Å². The maximum Gasteiger partial charge on any atom is 0.213 e. The van der Waals surface area contributed by atoms with Crippen molar-refractivity contribution < 1.29 is 4.74 Å². The number of ether oxygens (including phenoxy) is 1. The molecule has 0 radical (unpaired) electrons. The Morgan fingerprint density at radius 3 is 2.72 bits per heavy atom. The van der Waals surface area contributed by atoms with Crippen molar-refractivity contribution in [3.63, 3.8) is 0 Å². The van der Waals surface area contributed by atoms with Gasteiger partial charge in [-0.25, -0.2) is 4.98 Å². The van der Waals surface area contributed by atoms with E-state index in [0.717, 1.165) is 36.1 Å². The lowest BCUT2D eigenvalue weighted by atomic mass is 9.83. The molecule has 0 aromatic carbocycles. The van der Waals surface area contributed by atoms with Gasteiger partial charge in [0, 0.05) is 17.6 Å². The average Bonchev–Trinajstić information content (AvgIpc) is 2.31. The maximum absolute atomic E-state index is 5.91. The van der Waals surface area contributed by atoms with Gasteiger partial charge in [-0.3, -0.25) is 0 Å². The molecule has 0 N–H and O–H groups in total. The van der Waals surface area contributed by atoms with E-state index in [1.807, 2.05) is 6.07 Å². The Bertz CT molecular complexity index is 388. The lowest BCUT2D eigenvalue weighted by Crippen LogP contribution is -2.15. The Balaban J connectivity index is 1.94. The Hall–Kier alpha value is -0.760. The van der Waals surface area contributed by atoms with Crippen LogP contribution in [0.25, 0.3) is 0 Å². The molecule has 18 heavy (non-hydrogen) atoms. The van der Waals surface area contributed by atoms with Crippen molar-refractivity contribution in [2.45, 2.75) is 51.3 Å². The molecule has 0 bridgehead atoms. The zero-order chi connectivity index (χ0) is 13.0. The van der Waals surface area contributed by atoms with Gasteiger partial charge in [0.25, 0.3) is 0 Å². The molecular formula is C15H22ClNO. The number of hydrogen-bond acceptors (Lipinski definition) is 2. The van der Waals surface area contributed by atoms with E-state index in [2.05, 4.69) is 24.9 Å². The van der Waals surface area contributed by atoms with Gasteiger partial charge in [0.15, 0.2) is 0 Å². The van der Waals surface area contributed by atoms with Gasteiger partial charge in [-0.2, -0.15) is 0 Å². The molecule has 1 aliphatic rings. The number of aromatic nitrogens is 1. The molecule has 1 saturated carbocycles. The number of halogens is 1. The highest BCUT2D eigenvalue weighted by Gasteiger charge is 2.17. The third kappa shape index (κ3) is 3.61. The fourth-order valence-electron chi connectivity index (χ4n) is 2.14. The number of nitrogens with zero attached hydrogens (tertiary/aromatic N) is 1. The summed E-state index contributed by atoms with van der Waals surface area (Å²) in [4.78, 5) is 4.54. The minimum Gasteiger partial charge on any atom is -0.478 e. The van der Waals surface area contributed by atoms with Crippen molar-refractivity contribution in [3.8, 4) is 5.88 Å². The topological polar surface area (TPSA) is 22.1 Å². The standard InChI is InChI=1S/C15H22ClNO/c1-11(2)14-8-13(10-16)9-15(17-14)18-7-6-12-4-3-5-12/h8-9,11-12H,3-7,10H2,1-2H3. The van der Waals surface area contributed by atoms with Crippen molar-refractivity contribution in [2.24, 2.45) is 5.92 Å². The van der Waals surface area contributed by atoms with Gasteiger partial charge in [0.2, 0.25) is 5.88 Å². The van der Waals surface area contributed by atoms with Crippen molar-refractivity contribution in [1.82, 2.24) is 4.98 Å². The SMILES string of the molecule is CC(C)c1cc(CCl)cc(OCCC2CCC2)n1. The summed E-state index contributed by atoms with van der Waals surface area (Å²) in [6.07, 6.45) is 5.29. The highest BCUT2D eigenvalue weighted by atomic mass is 35.5. The second-order valence-electron chi connectivity index (χ2n) is 5.46. The van der Waals surface area contributed by atoms with Gasteiger partial charge in [0.05, 0.1) is 6.61 Å². The lowest BCUT2D eigenvalue weighted by Gasteiger charge is -2.24. The molecule has 2 rings (SSSR count). The second-order valence-corrected chi connectivity index (χ2v) is 5.73. The summed E-state index contributed by atoms with van der Waals surface area (Å²) in [5, 5.41) is 0. The number of pyridine rings is 1. The predicted molar refractivity (Wildman–Crippen MR) is 75.3 cm³/mol. The van der Waals surface area contributed by atoms with Crippen LogP contribution in [0, 0.1) is 5.92 Å². The zero-order valence-corrected chi connectivity index (χ0v) is 12.0. The highest BCUT2D eigenvalue weighted by molar-refractivity contribution is 6.17. The summed E-state index contributed by atoms with van der Waals surface area (Å²) in [6, 6.07) is 4.02. The molecule has 0 unspecified atom stereocenters. The first kappa shape index (κ1) is 13.7. The average molecular weight is 268 g/mol. The molecule has 3 heteroatoms. The monoisotopic (exact) mass is 267 g/mol. The van der Waals surface area contributed by atoms with E-state index in [9.17, 15) is 0 Å². The van der Waals surface area contributed by atoms with Crippen molar-refractivity contribution in [2.75, 3.05) is 6.61 Å². The van der Waals surface area contributed by atoms with Crippen molar-refractivity contribution in [3.05, 3.63) is 23.4 Å². The van der Waals surface area contributed by atoms with Crippen LogP contribution in [0.2, 0.25) is 0 Å². The quantitative estimate of drug-likeness (QED) is 0.708. The molecule has 1 aliphatic carbocycles. The van der Waals surface area contributed by atoms with Crippen LogP contribution in [0.5, 0.6) is 5.88 Å². The molecule has 1 aromatic heterocycles. The van der Waals surface area contributed by atoms with Crippen LogP contribution in [-0.4, -0.2) is 11.6 Å². The largest absolute Gasteiger partial charge is 0.478 e. The van der Waals surface area contributed by atoms with E-state index in [0.29, 0.717) is 11.8 Å². The summed E-state index contributed by atoms with van der Waals surface area (Å²) in [6.45, 7) is 5.05. The van der Waals surface area contributed by atoms with Crippen LogP contribution in [0.4, 0.5) is 0 Å². The molecule has 0 atom stereocenters. The molecule has 2 nitrogen and oxygen atoms in total. The smallest absolute Gasteiger partial charge is 0.213 e. The van der Waals surface area contributed by atoms with Gasteiger partial charge in [0.1, 0.15) is 0 Å². The van der Waals surface area contributed by atoms with Crippen LogP contribution in [0.15, 0.2) is 12.1 Å². The van der Waals surface area contributed by atoms with Crippen LogP contribution < -0.4 is 4.74 Å². The predicted octanol–water partition coefficient (Wildman–Crippen LogP) is 4.51. The van der Waals surface area contributed by atoms with Gasteiger partial charge < -0.3 is 4.74 Å². The third-order valence-corrected chi connectivity index (χ3v) is 3.94. The van der Waals surface area contributed by atoms with E-state index < -0.39 is 0 Å². The Morgan fingerprint density at radius 1 is 1.39 bits per heavy atom. The number of hydrogen-bond donors (Lipinski definition) is 0. The van der Waals surface area contributed by atoms with E-state index in [1.54, 1.807) is 0 Å². The third-order valence-electron chi connectivity index (χ3n) is 3.63. The molecule has 0 saturated heterocycles. The van der Waals surface area contributed by atoms with Crippen LogP contribution in [0.3, 0.4) is 0 Å². The van der Waals surface area contributed by atoms with Crippen molar-refractivity contribution in [1.29, 1.82) is 0 Å². The fraction of sp³-hybridized carbons (Fsp3) is 0.667. The fourth-order valence-corrected chi connectivity index (χ4v) is 2.29. The molecular weight excluding hydrogens is 246 g/mol. The van der Waals surface area contributed by atoms with Gasteiger partial charge >= 0.3 is 0 Å². The molecule has 0 amide bonds. The summed E-state index contributed by atoms with van der Waals surface area (Å²) in [5.41, 5.74) is 2.15. The molecule has 1 heterocycles. The molecule has 1 aromatic rings. The normalized spacial score (nSPS) is 15.8. The van der Waals surface area contributed by atoms with Gasteiger partial charge in [-0.05, 0) is 29.9 Å². The highest BCUT2D eigenvalue weighted by Crippen LogP contribution is 2.29. The van der Waals surface area contributed by atoms with Crippen molar-refractivity contribution >= 4 is 11.6 Å². The number of alkyl halides is 1. The molecule has 0 aliphatic heterocycles. The first-order valence-electron chi connectivity index (χ1n) is 6.88. The minimum absolute atomic E-state index is 0.405. The van der Waals surface area contributed by atoms with Crippen LogP contribution in [0.1, 0.15) is 56.7 Å². The maximum atomic E-state index is 5.91. The summed E-state index contributed by atoms with van der Waals surface area (Å²) in [7, 11) is 0. The van der Waals surface area contributed by atoms with E-state index in [-0.39, 0.29) is 0 Å². The minimum atomic E-state index is 0.405. The summed E-state index contributed by atoms with van der Waals surface area (Å²) < 4.78 is 5.78. The number of rotatable bonds is 6. The summed E-state index contributed by atoms with van der Waals surface area (Å²) in [5.74, 6) is 2.53. The summed E-state index contributed by atoms with van der Waals surface area (Å²) >= 11 is 5.91. The zero-order valence-electron chi connectivity index (χ0n) is 11.3. The lowest BCUT2D eigenvalue weighted by molar-refractivity contribution is 0.217. The Labute approximate surface area is 115 Å². The second kappa shape index (κ2) is 6.42. The van der Waals surface area contributed by atoms with Crippen LogP contribution >= 0.6 is 11.6 Å². The Morgan fingerprint density at radius 2 is 2.17 bits per heavy atom. The first-order chi connectivity index (χ1) is 8.69. The van der Waals surface area contributed by atoms with E-state index in [1.165, 1.54) is 19.3 Å². The molecule has 0 spiro atoms. The van der Waals surface area contributed by atoms with Gasteiger partial charge in [-0.15, -0.1) is 11.6 Å². The molecule has 1 fully saturated rings. The van der Waals surface area contributed by atoms with Crippen LogP contribution in [-0.2, 0) is 5.88 Å². The Kier molecular flexibility index (Phi) is 4.87. The van der Waals surface area contributed by atoms with E-state index >= 15 is 0 Å². The molecule has 100 valence electrons.